The fourth-order valence-corrected chi connectivity index (χ4v) is 5.13. The Bertz CT molecular complexity index is 720. The molecule has 0 unspecified atom stereocenters. The number of aromatic amines is 1. The maximum atomic E-state index is 3.53. The normalized spacial score (nSPS) is 20.8. The average Bonchev–Trinajstić information content (AvgIpc) is 2.90. The third kappa shape index (κ3) is 4.05. The first-order valence-corrected chi connectivity index (χ1v) is 11.3. The van der Waals surface area contributed by atoms with E-state index < -0.39 is 0 Å². The smallest absolute Gasteiger partial charge is 0.0478 e. The quantitative estimate of drug-likeness (QED) is 0.886. The van der Waals surface area contributed by atoms with Gasteiger partial charge in [-0.2, -0.15) is 11.8 Å². The van der Waals surface area contributed by atoms with Crippen molar-refractivity contribution in [1.29, 1.82) is 0 Å². The Balaban J connectivity index is 1.45. The lowest BCUT2D eigenvalue weighted by Gasteiger charge is -2.28. The van der Waals surface area contributed by atoms with Crippen molar-refractivity contribution in [3.05, 3.63) is 30.0 Å². The molecule has 2 aromatic rings. The van der Waals surface area contributed by atoms with E-state index in [9.17, 15) is 0 Å². The first kappa shape index (κ1) is 18.2. The third-order valence-electron chi connectivity index (χ3n) is 5.87. The summed E-state index contributed by atoms with van der Waals surface area (Å²) in [5, 5.41) is 1.39. The number of hydrogen-bond donors (Lipinski definition) is 1. The van der Waals surface area contributed by atoms with Crippen molar-refractivity contribution in [1.82, 2.24) is 14.8 Å². The molecule has 0 radical (unpaired) electrons. The van der Waals surface area contributed by atoms with Crippen molar-refractivity contribution in [2.24, 2.45) is 0 Å². The molecule has 1 aromatic carbocycles. The van der Waals surface area contributed by atoms with Crippen molar-refractivity contribution >= 4 is 28.4 Å². The highest BCUT2D eigenvalue weighted by atomic mass is 32.2. The van der Waals surface area contributed by atoms with E-state index in [2.05, 4.69) is 69.7 Å². The number of H-pyrrole nitrogens is 1. The topological polar surface area (TPSA) is 25.5 Å². The minimum atomic E-state index is 0.662. The minimum Gasteiger partial charge on any atom is -0.370 e. The monoisotopic (exact) mass is 372 g/mol. The molecule has 1 aromatic heterocycles. The third-order valence-corrected chi connectivity index (χ3v) is 6.82. The van der Waals surface area contributed by atoms with Gasteiger partial charge in [0.2, 0.25) is 0 Å². The molecular formula is C21H32N4S. The van der Waals surface area contributed by atoms with E-state index in [-0.39, 0.29) is 0 Å². The van der Waals surface area contributed by atoms with Crippen molar-refractivity contribution in [2.75, 3.05) is 55.7 Å². The highest BCUT2D eigenvalue weighted by Crippen LogP contribution is 2.27. The Kier molecular flexibility index (Phi) is 5.77. The van der Waals surface area contributed by atoms with Crippen LogP contribution in [-0.4, -0.2) is 71.6 Å². The molecule has 3 heterocycles. The van der Waals surface area contributed by atoms with Crippen LogP contribution >= 0.6 is 11.8 Å². The van der Waals surface area contributed by atoms with Crippen LogP contribution in [0.4, 0.5) is 5.69 Å². The Morgan fingerprint density at radius 3 is 2.69 bits per heavy atom. The van der Waals surface area contributed by atoms with Gasteiger partial charge in [-0.15, -0.1) is 0 Å². The van der Waals surface area contributed by atoms with Gasteiger partial charge < -0.3 is 9.88 Å². The van der Waals surface area contributed by atoms with Gasteiger partial charge in [-0.25, -0.2) is 0 Å². The van der Waals surface area contributed by atoms with E-state index >= 15 is 0 Å². The summed E-state index contributed by atoms with van der Waals surface area (Å²) in [4.78, 5) is 11.3. The van der Waals surface area contributed by atoms with Gasteiger partial charge in [0.1, 0.15) is 0 Å². The maximum absolute atomic E-state index is 3.53. The molecule has 0 bridgehead atoms. The lowest BCUT2D eigenvalue weighted by Crippen LogP contribution is -2.34. The number of fused-ring (bicyclic) bond motifs is 1. The zero-order valence-corrected chi connectivity index (χ0v) is 17.0. The van der Waals surface area contributed by atoms with E-state index in [1.54, 1.807) is 0 Å². The Hall–Kier alpha value is -1.17. The van der Waals surface area contributed by atoms with Crippen LogP contribution in [0.1, 0.15) is 25.8 Å². The Labute approximate surface area is 161 Å². The molecule has 2 fully saturated rings. The van der Waals surface area contributed by atoms with Gasteiger partial charge in [0, 0.05) is 73.1 Å². The average molecular weight is 373 g/mol. The highest BCUT2D eigenvalue weighted by Gasteiger charge is 2.18. The molecular weight excluding hydrogens is 340 g/mol. The van der Waals surface area contributed by atoms with Crippen LogP contribution < -0.4 is 4.90 Å². The molecule has 0 spiro atoms. The second-order valence-corrected chi connectivity index (χ2v) is 9.13. The fraction of sp³-hybridized carbons (Fsp3) is 0.619. The molecule has 2 aliphatic rings. The zero-order chi connectivity index (χ0) is 17.9. The molecule has 0 aliphatic carbocycles. The van der Waals surface area contributed by atoms with Crippen LogP contribution in [-0.2, 0) is 6.54 Å². The van der Waals surface area contributed by atoms with Gasteiger partial charge in [0.05, 0.1) is 0 Å². The number of nitrogens with one attached hydrogen (secondary N) is 1. The molecule has 2 aliphatic heterocycles. The van der Waals surface area contributed by atoms with E-state index in [1.165, 1.54) is 79.3 Å². The highest BCUT2D eigenvalue weighted by molar-refractivity contribution is 7.99. The molecule has 2 saturated heterocycles. The summed E-state index contributed by atoms with van der Waals surface area (Å²) in [5.74, 6) is 2.49. The summed E-state index contributed by atoms with van der Waals surface area (Å²) in [6.07, 6.45) is 3.50. The van der Waals surface area contributed by atoms with Crippen LogP contribution in [0, 0.1) is 0 Å². The lowest BCUT2D eigenvalue weighted by molar-refractivity contribution is 0.218. The lowest BCUT2D eigenvalue weighted by atomic mass is 10.1. The summed E-state index contributed by atoms with van der Waals surface area (Å²) in [7, 11) is 0. The minimum absolute atomic E-state index is 0.662. The first-order chi connectivity index (χ1) is 12.7. The molecule has 0 amide bonds. The predicted molar refractivity (Wildman–Crippen MR) is 114 cm³/mol. The van der Waals surface area contributed by atoms with E-state index in [4.69, 9.17) is 0 Å². The van der Waals surface area contributed by atoms with Crippen LogP contribution in [0.2, 0.25) is 0 Å². The second-order valence-electron chi connectivity index (χ2n) is 7.90. The maximum Gasteiger partial charge on any atom is 0.0478 e. The van der Waals surface area contributed by atoms with Crippen molar-refractivity contribution in [3.63, 3.8) is 0 Å². The second kappa shape index (κ2) is 8.24. The Morgan fingerprint density at radius 1 is 1.04 bits per heavy atom. The number of aromatic nitrogens is 1. The molecule has 5 heteroatoms. The van der Waals surface area contributed by atoms with Crippen LogP contribution in [0.25, 0.3) is 10.9 Å². The molecule has 4 nitrogen and oxygen atoms in total. The van der Waals surface area contributed by atoms with Crippen molar-refractivity contribution in [2.45, 2.75) is 32.9 Å². The van der Waals surface area contributed by atoms with E-state index in [0.29, 0.717) is 6.04 Å². The van der Waals surface area contributed by atoms with Crippen LogP contribution in [0.5, 0.6) is 0 Å². The largest absolute Gasteiger partial charge is 0.370 e. The number of rotatable bonds is 4. The summed E-state index contributed by atoms with van der Waals surface area (Å²) >= 11 is 2.07. The number of anilines is 1. The van der Waals surface area contributed by atoms with Gasteiger partial charge in [0.15, 0.2) is 0 Å². The molecule has 142 valence electrons. The van der Waals surface area contributed by atoms with Gasteiger partial charge >= 0.3 is 0 Å². The number of benzene rings is 1. The first-order valence-electron chi connectivity index (χ1n) is 10.1. The van der Waals surface area contributed by atoms with Crippen LogP contribution in [0.3, 0.4) is 0 Å². The van der Waals surface area contributed by atoms with E-state index in [0.717, 1.165) is 6.54 Å². The van der Waals surface area contributed by atoms with Gasteiger partial charge in [0.25, 0.3) is 0 Å². The van der Waals surface area contributed by atoms with E-state index in [1.807, 2.05) is 0 Å². The number of nitrogens with zero attached hydrogens (tertiary/aromatic N) is 3. The number of hydrogen-bond acceptors (Lipinski definition) is 4. The predicted octanol–water partition coefficient (Wildman–Crippen LogP) is 3.64. The molecule has 1 N–H and O–H groups in total. The SMILES string of the molecule is CC(C)N1CCCN(Cc2c[nH]c3cc(N4CCSCC4)ccc23)CC1. The van der Waals surface area contributed by atoms with Gasteiger partial charge in [-0.3, -0.25) is 9.80 Å². The van der Waals surface area contributed by atoms with Crippen LogP contribution in [0.15, 0.2) is 24.4 Å². The molecule has 26 heavy (non-hydrogen) atoms. The van der Waals surface area contributed by atoms with Gasteiger partial charge in [-0.1, -0.05) is 6.07 Å². The molecule has 0 atom stereocenters. The van der Waals surface area contributed by atoms with Crippen molar-refractivity contribution in [3.8, 4) is 0 Å². The summed E-state index contributed by atoms with van der Waals surface area (Å²) in [6, 6.07) is 7.65. The number of thioether (sulfide) groups is 1. The molecule has 0 saturated carbocycles. The summed E-state index contributed by atoms with van der Waals surface area (Å²) in [6.45, 7) is 12.8. The fourth-order valence-electron chi connectivity index (χ4n) is 4.23. The Morgan fingerprint density at radius 2 is 1.88 bits per heavy atom. The summed E-state index contributed by atoms with van der Waals surface area (Å²) in [5.41, 5.74) is 4.10. The molecule has 4 rings (SSSR count). The summed E-state index contributed by atoms with van der Waals surface area (Å²) < 4.78 is 0. The van der Waals surface area contributed by atoms with Crippen molar-refractivity contribution < 1.29 is 0 Å². The standard InChI is InChI=1S/C21H32N4S/c1-17(2)24-7-3-6-23(8-9-24)16-18-15-22-21-14-19(4-5-20(18)21)25-10-12-26-13-11-25/h4-5,14-15,17,22H,3,6-13,16H2,1-2H3. The van der Waals surface area contributed by atoms with Gasteiger partial charge in [-0.05, 0) is 51.1 Å². The zero-order valence-electron chi connectivity index (χ0n) is 16.2.